The molecule has 0 saturated heterocycles. The molecule has 0 unspecified atom stereocenters. The van der Waals surface area contributed by atoms with Crippen LogP contribution in [-0.2, 0) is 0 Å². The number of amides is 2. The number of hydrazine groups is 1. The Kier molecular flexibility index (Phi) is 5.41. The second kappa shape index (κ2) is 7.92. The van der Waals surface area contributed by atoms with Crippen molar-refractivity contribution in [2.75, 3.05) is 10.7 Å². The Labute approximate surface area is 155 Å². The summed E-state index contributed by atoms with van der Waals surface area (Å²) < 4.78 is 39.7. The second-order valence-corrected chi connectivity index (χ2v) is 6.26. The van der Waals surface area contributed by atoms with Crippen LogP contribution in [0.3, 0.4) is 0 Å². The SMILES string of the molecule is O=C(NNc1ccc(F)c(F)c1F)c1cccc(NC(=O)c2cccs2)c1. The fraction of sp³-hybridized carbons (Fsp3) is 0. The van der Waals surface area contributed by atoms with Gasteiger partial charge in [0, 0.05) is 11.3 Å². The van der Waals surface area contributed by atoms with Gasteiger partial charge in [-0.2, -0.15) is 0 Å². The molecule has 3 N–H and O–H groups in total. The zero-order valence-corrected chi connectivity index (χ0v) is 14.4. The van der Waals surface area contributed by atoms with E-state index >= 15 is 0 Å². The Bertz CT molecular complexity index is 994. The van der Waals surface area contributed by atoms with Crippen molar-refractivity contribution in [2.45, 2.75) is 0 Å². The Morgan fingerprint density at radius 3 is 2.44 bits per heavy atom. The number of rotatable bonds is 5. The van der Waals surface area contributed by atoms with Gasteiger partial charge in [0.2, 0.25) is 0 Å². The Morgan fingerprint density at radius 1 is 0.889 bits per heavy atom. The van der Waals surface area contributed by atoms with Crippen LogP contribution in [0.4, 0.5) is 24.5 Å². The topological polar surface area (TPSA) is 70.2 Å². The molecule has 3 aromatic rings. The van der Waals surface area contributed by atoms with E-state index in [1.165, 1.54) is 23.5 Å². The van der Waals surface area contributed by atoms with E-state index in [0.717, 1.165) is 12.1 Å². The molecule has 0 bridgehead atoms. The standard InChI is InChI=1S/C18H12F3N3O2S/c19-12-6-7-13(16(21)15(12)20)23-24-17(25)10-3-1-4-11(9-10)22-18(26)14-5-2-8-27-14/h1-9,23H,(H,22,26)(H,24,25). The number of benzene rings is 2. The van der Waals surface area contributed by atoms with Gasteiger partial charge in [-0.3, -0.25) is 20.4 Å². The highest BCUT2D eigenvalue weighted by atomic mass is 32.1. The molecule has 0 aliphatic carbocycles. The number of halogens is 3. The maximum Gasteiger partial charge on any atom is 0.269 e. The minimum atomic E-state index is -1.65. The van der Waals surface area contributed by atoms with Crippen LogP contribution in [0.2, 0.25) is 0 Å². The number of anilines is 2. The molecule has 0 fully saturated rings. The van der Waals surface area contributed by atoms with E-state index in [2.05, 4.69) is 16.2 Å². The van der Waals surface area contributed by atoms with Crippen molar-refractivity contribution in [1.82, 2.24) is 5.43 Å². The molecule has 2 aromatic carbocycles. The summed E-state index contributed by atoms with van der Waals surface area (Å²) in [5.74, 6) is -5.41. The lowest BCUT2D eigenvalue weighted by Crippen LogP contribution is -2.30. The summed E-state index contributed by atoms with van der Waals surface area (Å²) in [6, 6.07) is 11.1. The molecule has 9 heteroatoms. The third-order valence-electron chi connectivity index (χ3n) is 3.47. The van der Waals surface area contributed by atoms with Crippen LogP contribution in [0.5, 0.6) is 0 Å². The summed E-state index contributed by atoms with van der Waals surface area (Å²) in [6.45, 7) is 0. The minimum absolute atomic E-state index is 0.162. The van der Waals surface area contributed by atoms with Crippen LogP contribution < -0.4 is 16.2 Å². The molecule has 0 spiro atoms. The predicted octanol–water partition coefficient (Wildman–Crippen LogP) is 4.17. The lowest BCUT2D eigenvalue weighted by Gasteiger charge is -2.11. The lowest BCUT2D eigenvalue weighted by molar-refractivity contribution is 0.0961. The van der Waals surface area contributed by atoms with Crippen LogP contribution in [-0.4, -0.2) is 11.8 Å². The quantitative estimate of drug-likeness (QED) is 0.452. The van der Waals surface area contributed by atoms with E-state index in [1.54, 1.807) is 29.6 Å². The van der Waals surface area contributed by atoms with E-state index in [9.17, 15) is 22.8 Å². The van der Waals surface area contributed by atoms with Gasteiger partial charge in [0.05, 0.1) is 10.6 Å². The van der Waals surface area contributed by atoms with E-state index in [-0.39, 0.29) is 11.5 Å². The highest BCUT2D eigenvalue weighted by Crippen LogP contribution is 2.19. The second-order valence-electron chi connectivity index (χ2n) is 5.31. The monoisotopic (exact) mass is 391 g/mol. The number of nitrogens with one attached hydrogen (secondary N) is 3. The zero-order chi connectivity index (χ0) is 19.4. The highest BCUT2D eigenvalue weighted by Gasteiger charge is 2.14. The van der Waals surface area contributed by atoms with Crippen LogP contribution >= 0.6 is 11.3 Å². The van der Waals surface area contributed by atoms with Crippen molar-refractivity contribution in [2.24, 2.45) is 0 Å². The van der Waals surface area contributed by atoms with E-state index in [4.69, 9.17) is 0 Å². The summed E-state index contributed by atoms with van der Waals surface area (Å²) in [6.07, 6.45) is 0. The minimum Gasteiger partial charge on any atom is -0.321 e. The Balaban J connectivity index is 1.67. The van der Waals surface area contributed by atoms with Crippen LogP contribution in [0.15, 0.2) is 53.9 Å². The molecule has 0 saturated carbocycles. The molecule has 3 rings (SSSR count). The van der Waals surface area contributed by atoms with Gasteiger partial charge in [0.1, 0.15) is 0 Å². The normalized spacial score (nSPS) is 10.3. The molecule has 0 radical (unpaired) electrons. The molecule has 1 aromatic heterocycles. The average molecular weight is 391 g/mol. The highest BCUT2D eigenvalue weighted by molar-refractivity contribution is 7.12. The summed E-state index contributed by atoms with van der Waals surface area (Å²) in [7, 11) is 0. The number of thiophene rings is 1. The van der Waals surface area contributed by atoms with E-state index in [0.29, 0.717) is 10.6 Å². The van der Waals surface area contributed by atoms with Gasteiger partial charge in [-0.1, -0.05) is 12.1 Å². The van der Waals surface area contributed by atoms with Gasteiger partial charge < -0.3 is 5.32 Å². The molecule has 0 aliphatic heterocycles. The van der Waals surface area contributed by atoms with Crippen LogP contribution in [0.1, 0.15) is 20.0 Å². The molecule has 1 heterocycles. The van der Waals surface area contributed by atoms with Gasteiger partial charge in [-0.15, -0.1) is 11.3 Å². The fourth-order valence-corrected chi connectivity index (χ4v) is 2.78. The first-order valence-electron chi connectivity index (χ1n) is 7.60. The third kappa shape index (κ3) is 4.26. The maximum atomic E-state index is 13.6. The van der Waals surface area contributed by atoms with Crippen molar-refractivity contribution in [3.05, 3.63) is 81.8 Å². The Morgan fingerprint density at radius 2 is 1.70 bits per heavy atom. The molecule has 2 amide bonds. The first-order valence-corrected chi connectivity index (χ1v) is 8.48. The summed E-state index contributed by atoms with van der Waals surface area (Å²) in [5.41, 5.74) is 4.50. The van der Waals surface area contributed by atoms with Gasteiger partial charge in [0.15, 0.2) is 17.5 Å². The average Bonchev–Trinajstić information content (AvgIpc) is 3.20. The molecular formula is C18H12F3N3O2S. The Hall–Kier alpha value is -3.33. The first-order chi connectivity index (χ1) is 13.0. The third-order valence-corrected chi connectivity index (χ3v) is 4.34. The van der Waals surface area contributed by atoms with Gasteiger partial charge in [-0.25, -0.2) is 13.2 Å². The maximum absolute atomic E-state index is 13.6. The summed E-state index contributed by atoms with van der Waals surface area (Å²) >= 11 is 1.28. The van der Waals surface area contributed by atoms with Crippen molar-refractivity contribution >= 4 is 34.5 Å². The number of hydrogen-bond donors (Lipinski definition) is 3. The van der Waals surface area contributed by atoms with Crippen molar-refractivity contribution in [1.29, 1.82) is 0 Å². The van der Waals surface area contributed by atoms with Crippen molar-refractivity contribution < 1.29 is 22.8 Å². The predicted molar refractivity (Wildman–Crippen MR) is 96.1 cm³/mol. The van der Waals surface area contributed by atoms with Crippen LogP contribution in [0, 0.1) is 17.5 Å². The smallest absolute Gasteiger partial charge is 0.269 e. The van der Waals surface area contributed by atoms with Gasteiger partial charge in [-0.05, 0) is 41.8 Å². The molecular weight excluding hydrogens is 379 g/mol. The van der Waals surface area contributed by atoms with Gasteiger partial charge >= 0.3 is 0 Å². The van der Waals surface area contributed by atoms with Crippen molar-refractivity contribution in [3.8, 4) is 0 Å². The molecule has 0 atom stereocenters. The fourth-order valence-electron chi connectivity index (χ4n) is 2.16. The van der Waals surface area contributed by atoms with Crippen molar-refractivity contribution in [3.63, 3.8) is 0 Å². The largest absolute Gasteiger partial charge is 0.321 e. The number of carbonyl (C=O) groups excluding carboxylic acids is 2. The van der Waals surface area contributed by atoms with Crippen LogP contribution in [0.25, 0.3) is 0 Å². The first kappa shape index (κ1) is 18.5. The number of carbonyl (C=O) groups is 2. The van der Waals surface area contributed by atoms with E-state index in [1.807, 2.05) is 0 Å². The summed E-state index contributed by atoms with van der Waals surface area (Å²) in [4.78, 5) is 24.7. The number of hydrogen-bond acceptors (Lipinski definition) is 4. The van der Waals surface area contributed by atoms with Gasteiger partial charge in [0.25, 0.3) is 11.8 Å². The lowest BCUT2D eigenvalue weighted by atomic mass is 10.2. The molecule has 0 aliphatic rings. The summed E-state index contributed by atoms with van der Waals surface area (Å²) in [5, 5.41) is 4.42. The molecule has 27 heavy (non-hydrogen) atoms. The molecule has 138 valence electrons. The zero-order valence-electron chi connectivity index (χ0n) is 13.6. The van der Waals surface area contributed by atoms with E-state index < -0.39 is 29.0 Å². The molecule has 5 nitrogen and oxygen atoms in total.